The summed E-state index contributed by atoms with van der Waals surface area (Å²) in [5, 5.41) is 2.70. The maximum absolute atomic E-state index is 2.29. The second-order valence-electron chi connectivity index (χ2n) is 8.79. The van der Waals surface area contributed by atoms with Crippen LogP contribution in [0.2, 0.25) is 0 Å². The van der Waals surface area contributed by atoms with E-state index in [9.17, 15) is 0 Å². The summed E-state index contributed by atoms with van der Waals surface area (Å²) < 4.78 is 0. The Hall–Kier alpha value is -2.08. The van der Waals surface area contributed by atoms with E-state index >= 15 is 0 Å². The smallest absolute Gasteiger partial charge is 0.00680 e. The standard InChI is InChI=1S/C24H28/c1-23(2,3)19-15-13-17(14-16-19)20-11-7-9-18-10-8-12-21(22(18)20)24(4,5)6/h7-16H,1-6H3. The fourth-order valence-corrected chi connectivity index (χ4v) is 3.36. The van der Waals surface area contributed by atoms with E-state index in [1.54, 1.807) is 0 Å². The van der Waals surface area contributed by atoms with E-state index in [4.69, 9.17) is 0 Å². The summed E-state index contributed by atoms with van der Waals surface area (Å²) in [5.41, 5.74) is 5.73. The third-order valence-corrected chi connectivity index (χ3v) is 4.77. The van der Waals surface area contributed by atoms with Gasteiger partial charge in [0.15, 0.2) is 0 Å². The van der Waals surface area contributed by atoms with Gasteiger partial charge in [-0.1, -0.05) is 102 Å². The summed E-state index contributed by atoms with van der Waals surface area (Å²) in [6.45, 7) is 13.7. The zero-order valence-corrected chi connectivity index (χ0v) is 15.8. The molecule has 0 aliphatic carbocycles. The van der Waals surface area contributed by atoms with E-state index in [-0.39, 0.29) is 10.8 Å². The average molecular weight is 316 g/mol. The molecule has 24 heavy (non-hydrogen) atoms. The third kappa shape index (κ3) is 3.11. The minimum Gasteiger partial charge on any atom is -0.0613 e. The van der Waals surface area contributed by atoms with Gasteiger partial charge in [0.25, 0.3) is 0 Å². The molecule has 0 bridgehead atoms. The first-order valence-corrected chi connectivity index (χ1v) is 8.81. The molecule has 0 amide bonds. The maximum atomic E-state index is 2.29. The quantitative estimate of drug-likeness (QED) is 0.449. The normalized spacial score (nSPS) is 12.6. The molecule has 0 heterocycles. The number of hydrogen-bond acceptors (Lipinski definition) is 0. The SMILES string of the molecule is CC(C)(C)c1ccc(-c2cccc3cccc(C(C)(C)C)c23)cc1. The second kappa shape index (κ2) is 5.77. The second-order valence-corrected chi connectivity index (χ2v) is 8.79. The van der Waals surface area contributed by atoms with Gasteiger partial charge in [-0.25, -0.2) is 0 Å². The summed E-state index contributed by atoms with van der Waals surface area (Å²) in [6.07, 6.45) is 0. The Morgan fingerprint density at radius 3 is 1.71 bits per heavy atom. The van der Waals surface area contributed by atoms with Crippen LogP contribution >= 0.6 is 0 Å². The van der Waals surface area contributed by atoms with Crippen molar-refractivity contribution in [2.45, 2.75) is 52.4 Å². The highest BCUT2D eigenvalue weighted by molar-refractivity contribution is 5.99. The Kier molecular flexibility index (Phi) is 4.03. The lowest BCUT2D eigenvalue weighted by atomic mass is 9.81. The first kappa shape index (κ1) is 16.8. The van der Waals surface area contributed by atoms with E-state index in [0.29, 0.717) is 0 Å². The molecule has 0 aliphatic heterocycles. The lowest BCUT2D eigenvalue weighted by molar-refractivity contribution is 0.590. The van der Waals surface area contributed by atoms with Crippen LogP contribution in [-0.2, 0) is 10.8 Å². The van der Waals surface area contributed by atoms with Gasteiger partial charge >= 0.3 is 0 Å². The molecule has 124 valence electrons. The predicted octanol–water partition coefficient (Wildman–Crippen LogP) is 7.10. The molecule has 0 saturated heterocycles. The van der Waals surface area contributed by atoms with Crippen molar-refractivity contribution in [1.29, 1.82) is 0 Å². The van der Waals surface area contributed by atoms with Crippen LogP contribution in [0.15, 0.2) is 60.7 Å². The van der Waals surface area contributed by atoms with Crippen LogP contribution in [-0.4, -0.2) is 0 Å². The van der Waals surface area contributed by atoms with E-state index < -0.39 is 0 Å². The Bertz CT molecular complexity index is 848. The fraction of sp³-hybridized carbons (Fsp3) is 0.333. The van der Waals surface area contributed by atoms with Crippen LogP contribution in [0, 0.1) is 0 Å². The van der Waals surface area contributed by atoms with Crippen molar-refractivity contribution in [2.75, 3.05) is 0 Å². The molecule has 0 aromatic heterocycles. The minimum atomic E-state index is 0.126. The maximum Gasteiger partial charge on any atom is -0.00680 e. The molecule has 0 aliphatic rings. The average Bonchev–Trinajstić information content (AvgIpc) is 2.52. The largest absolute Gasteiger partial charge is 0.0613 e. The van der Waals surface area contributed by atoms with E-state index in [0.717, 1.165) is 0 Å². The van der Waals surface area contributed by atoms with Gasteiger partial charge in [0, 0.05) is 0 Å². The molecule has 0 heteroatoms. The Labute approximate surface area is 146 Å². The molecular weight excluding hydrogens is 288 g/mol. The fourth-order valence-electron chi connectivity index (χ4n) is 3.36. The zero-order valence-electron chi connectivity index (χ0n) is 15.8. The van der Waals surface area contributed by atoms with Crippen LogP contribution in [0.3, 0.4) is 0 Å². The van der Waals surface area contributed by atoms with Gasteiger partial charge in [-0.2, -0.15) is 0 Å². The topological polar surface area (TPSA) is 0 Å². The third-order valence-electron chi connectivity index (χ3n) is 4.77. The first-order chi connectivity index (χ1) is 11.2. The molecule has 3 aromatic rings. The molecule has 0 fully saturated rings. The highest BCUT2D eigenvalue weighted by Crippen LogP contribution is 2.37. The Morgan fingerprint density at radius 2 is 1.17 bits per heavy atom. The number of benzene rings is 3. The molecule has 0 unspecified atom stereocenters. The van der Waals surface area contributed by atoms with E-state index in [2.05, 4.69) is 102 Å². The number of hydrogen-bond donors (Lipinski definition) is 0. The van der Waals surface area contributed by atoms with Gasteiger partial charge in [-0.05, 0) is 43.9 Å². The molecule has 0 N–H and O–H groups in total. The molecule has 0 saturated carbocycles. The highest BCUT2D eigenvalue weighted by Gasteiger charge is 2.19. The summed E-state index contributed by atoms with van der Waals surface area (Å²) in [5.74, 6) is 0. The van der Waals surface area contributed by atoms with Crippen molar-refractivity contribution < 1.29 is 0 Å². The summed E-state index contributed by atoms with van der Waals surface area (Å²) >= 11 is 0. The molecule has 0 nitrogen and oxygen atoms in total. The number of rotatable bonds is 1. The first-order valence-electron chi connectivity index (χ1n) is 8.81. The lowest BCUT2D eigenvalue weighted by Crippen LogP contribution is -2.12. The van der Waals surface area contributed by atoms with Gasteiger partial charge in [-0.3, -0.25) is 0 Å². The van der Waals surface area contributed by atoms with Gasteiger partial charge in [-0.15, -0.1) is 0 Å². The van der Waals surface area contributed by atoms with Crippen molar-refractivity contribution in [3.63, 3.8) is 0 Å². The molecule has 0 atom stereocenters. The Morgan fingerprint density at radius 1 is 0.583 bits per heavy atom. The molecule has 0 radical (unpaired) electrons. The molecule has 0 spiro atoms. The zero-order chi connectivity index (χ0) is 17.5. The van der Waals surface area contributed by atoms with Gasteiger partial charge in [0.05, 0.1) is 0 Å². The molecule has 3 rings (SSSR count). The number of fused-ring (bicyclic) bond motifs is 1. The monoisotopic (exact) mass is 316 g/mol. The van der Waals surface area contributed by atoms with E-state index in [1.807, 2.05) is 0 Å². The van der Waals surface area contributed by atoms with Gasteiger partial charge in [0.1, 0.15) is 0 Å². The van der Waals surface area contributed by atoms with Crippen LogP contribution in [0.4, 0.5) is 0 Å². The lowest BCUT2D eigenvalue weighted by Gasteiger charge is -2.23. The predicted molar refractivity (Wildman–Crippen MR) is 107 cm³/mol. The summed E-state index contributed by atoms with van der Waals surface area (Å²) in [6, 6.07) is 22.4. The molecule has 3 aromatic carbocycles. The van der Waals surface area contributed by atoms with Gasteiger partial charge in [0.2, 0.25) is 0 Å². The van der Waals surface area contributed by atoms with Gasteiger partial charge < -0.3 is 0 Å². The Balaban J connectivity index is 2.23. The van der Waals surface area contributed by atoms with Crippen molar-refractivity contribution in [1.82, 2.24) is 0 Å². The van der Waals surface area contributed by atoms with Crippen molar-refractivity contribution in [2.24, 2.45) is 0 Å². The molecular formula is C24H28. The van der Waals surface area contributed by atoms with Crippen molar-refractivity contribution in [3.05, 3.63) is 71.8 Å². The highest BCUT2D eigenvalue weighted by atomic mass is 14.2. The van der Waals surface area contributed by atoms with E-state index in [1.165, 1.54) is 33.0 Å². The minimum absolute atomic E-state index is 0.126. The van der Waals surface area contributed by atoms with Crippen LogP contribution in [0.25, 0.3) is 21.9 Å². The summed E-state index contributed by atoms with van der Waals surface area (Å²) in [7, 11) is 0. The summed E-state index contributed by atoms with van der Waals surface area (Å²) in [4.78, 5) is 0. The van der Waals surface area contributed by atoms with Crippen LogP contribution in [0.5, 0.6) is 0 Å². The van der Waals surface area contributed by atoms with Crippen LogP contribution < -0.4 is 0 Å². The van der Waals surface area contributed by atoms with Crippen molar-refractivity contribution >= 4 is 10.8 Å². The van der Waals surface area contributed by atoms with Crippen molar-refractivity contribution in [3.8, 4) is 11.1 Å². The van der Waals surface area contributed by atoms with Crippen LogP contribution in [0.1, 0.15) is 52.7 Å².